The third-order valence-electron chi connectivity index (χ3n) is 4.44. The van der Waals surface area contributed by atoms with Gasteiger partial charge in [0.15, 0.2) is 11.5 Å². The van der Waals surface area contributed by atoms with Crippen LogP contribution >= 0.6 is 0 Å². The summed E-state index contributed by atoms with van der Waals surface area (Å²) >= 11 is 0. The molecule has 5 N–H and O–H groups in total. The van der Waals surface area contributed by atoms with Crippen molar-refractivity contribution < 1.29 is 19.7 Å². The van der Waals surface area contributed by atoms with Crippen LogP contribution in [-0.2, 0) is 4.74 Å². The minimum absolute atomic E-state index is 0.117. The number of hydrogen-bond donors (Lipinski definition) is 5. The van der Waals surface area contributed by atoms with Gasteiger partial charge in [0, 0.05) is 12.1 Å². The van der Waals surface area contributed by atoms with Crippen LogP contribution in [0.2, 0.25) is 0 Å². The summed E-state index contributed by atoms with van der Waals surface area (Å²) in [5.41, 5.74) is 0.504. The first-order valence-corrected chi connectivity index (χ1v) is 8.59. The summed E-state index contributed by atoms with van der Waals surface area (Å²) in [7, 11) is 0. The van der Waals surface area contributed by atoms with Crippen molar-refractivity contribution in [2.75, 3.05) is 17.2 Å². The van der Waals surface area contributed by atoms with Crippen LogP contribution in [0.3, 0.4) is 0 Å². The third-order valence-corrected chi connectivity index (χ3v) is 4.44. The zero-order valence-electron chi connectivity index (χ0n) is 14.6. The fraction of sp³-hybridized carbons (Fsp3) is 0.294. The molecule has 0 saturated carbocycles. The van der Waals surface area contributed by atoms with Gasteiger partial charge >= 0.3 is 11.7 Å². The summed E-state index contributed by atoms with van der Waals surface area (Å²) in [5.74, 6) is 0.117. The average molecular weight is 386 g/mol. The van der Waals surface area contributed by atoms with Gasteiger partial charge in [-0.05, 0) is 12.1 Å². The van der Waals surface area contributed by atoms with Crippen molar-refractivity contribution in [1.29, 1.82) is 0 Å². The van der Waals surface area contributed by atoms with Crippen LogP contribution in [0, 0.1) is 0 Å². The van der Waals surface area contributed by atoms with Gasteiger partial charge in [-0.25, -0.2) is 24.1 Å². The lowest BCUT2D eigenvalue weighted by Crippen LogP contribution is -2.25. The lowest BCUT2D eigenvalue weighted by atomic mass is 10.2. The Hall–Kier alpha value is -3.28. The summed E-state index contributed by atoms with van der Waals surface area (Å²) < 4.78 is 6.77. The highest BCUT2D eigenvalue weighted by Crippen LogP contribution is 2.30. The number of imidazole rings is 1. The average Bonchev–Trinajstić information content (AvgIpc) is 3.21. The van der Waals surface area contributed by atoms with E-state index in [4.69, 9.17) is 4.74 Å². The highest BCUT2D eigenvalue weighted by atomic mass is 16.5. The van der Waals surface area contributed by atoms with Crippen molar-refractivity contribution in [1.82, 2.24) is 19.5 Å². The maximum atomic E-state index is 12.4. The maximum absolute atomic E-state index is 12.4. The Morgan fingerprint density at radius 2 is 2.07 bits per heavy atom. The van der Waals surface area contributed by atoms with Gasteiger partial charge in [0.05, 0.1) is 12.7 Å². The number of amides is 2. The van der Waals surface area contributed by atoms with Crippen LogP contribution in [0.1, 0.15) is 12.6 Å². The molecule has 2 amide bonds. The number of carbonyl (C=O) groups excluding carboxylic acids is 1. The fourth-order valence-corrected chi connectivity index (χ4v) is 3.13. The van der Waals surface area contributed by atoms with Gasteiger partial charge in [-0.15, -0.1) is 0 Å². The molecule has 2 aromatic heterocycles. The third kappa shape index (κ3) is 3.33. The summed E-state index contributed by atoms with van der Waals surface area (Å²) in [6.07, 6.45) is -1.14. The topological polar surface area (TPSA) is 154 Å². The smallest absolute Gasteiger partial charge is 0.329 e. The van der Waals surface area contributed by atoms with Crippen LogP contribution in [0.25, 0.3) is 11.2 Å². The van der Waals surface area contributed by atoms with Crippen LogP contribution in [0.5, 0.6) is 0 Å². The molecule has 1 aliphatic heterocycles. The number of anilines is 2. The minimum atomic E-state index is -0.900. The zero-order chi connectivity index (χ0) is 19.7. The molecule has 0 bridgehead atoms. The first-order chi connectivity index (χ1) is 13.6. The number of aliphatic hydroxyl groups is 2. The number of ether oxygens (including phenoxy) is 1. The summed E-state index contributed by atoms with van der Waals surface area (Å²) in [6, 6.07) is 8.32. The Balaban J connectivity index is 1.61. The normalized spacial score (nSPS) is 21.7. The number of fused-ring (bicyclic) bond motifs is 1. The van der Waals surface area contributed by atoms with Crippen molar-refractivity contribution in [2.24, 2.45) is 0 Å². The van der Waals surface area contributed by atoms with E-state index in [1.165, 1.54) is 10.9 Å². The molecule has 4 rings (SSSR count). The lowest BCUT2D eigenvalue weighted by molar-refractivity contribution is -0.0441. The number of aromatic amines is 1. The number of H-pyrrole nitrogens is 1. The van der Waals surface area contributed by atoms with Crippen molar-refractivity contribution in [2.45, 2.75) is 24.9 Å². The molecule has 3 heterocycles. The van der Waals surface area contributed by atoms with Gasteiger partial charge in [-0.3, -0.25) is 5.32 Å². The Morgan fingerprint density at radius 1 is 1.29 bits per heavy atom. The van der Waals surface area contributed by atoms with E-state index in [9.17, 15) is 19.8 Å². The molecular weight excluding hydrogens is 368 g/mol. The van der Waals surface area contributed by atoms with E-state index < -0.39 is 30.2 Å². The number of hydrogen-bond acceptors (Lipinski definition) is 7. The van der Waals surface area contributed by atoms with Crippen LogP contribution in [-0.4, -0.2) is 54.6 Å². The molecule has 1 unspecified atom stereocenters. The number of urea groups is 1. The Labute approximate surface area is 158 Å². The molecule has 1 fully saturated rings. The number of aliphatic hydroxyl groups excluding tert-OH is 2. The largest absolute Gasteiger partial charge is 0.394 e. The van der Waals surface area contributed by atoms with Crippen LogP contribution in [0.4, 0.5) is 16.3 Å². The molecule has 1 aromatic carbocycles. The van der Waals surface area contributed by atoms with Gasteiger partial charge in [0.25, 0.3) is 0 Å². The number of nitrogens with zero attached hydrogens (tertiary/aromatic N) is 3. The van der Waals surface area contributed by atoms with Gasteiger partial charge in [0.2, 0.25) is 0 Å². The summed E-state index contributed by atoms with van der Waals surface area (Å²) in [6.45, 7) is -0.365. The van der Waals surface area contributed by atoms with E-state index >= 15 is 0 Å². The molecule has 28 heavy (non-hydrogen) atoms. The molecule has 3 atom stereocenters. The number of carbonyl (C=O) groups is 1. The van der Waals surface area contributed by atoms with Gasteiger partial charge < -0.3 is 25.3 Å². The number of para-hydroxylation sites is 1. The zero-order valence-corrected chi connectivity index (χ0v) is 14.6. The monoisotopic (exact) mass is 386 g/mol. The number of aromatic nitrogens is 4. The first kappa shape index (κ1) is 18.1. The molecule has 11 nitrogen and oxygen atoms in total. The predicted molar refractivity (Wildman–Crippen MR) is 98.9 cm³/mol. The van der Waals surface area contributed by atoms with Crippen LogP contribution < -0.4 is 16.3 Å². The van der Waals surface area contributed by atoms with Crippen molar-refractivity contribution in [3.8, 4) is 0 Å². The minimum Gasteiger partial charge on any atom is -0.394 e. The van der Waals surface area contributed by atoms with E-state index in [0.717, 1.165) is 0 Å². The Bertz CT molecular complexity index is 1050. The Morgan fingerprint density at radius 3 is 2.79 bits per heavy atom. The molecule has 1 saturated heterocycles. The number of rotatable bonds is 4. The van der Waals surface area contributed by atoms with Gasteiger partial charge in [-0.1, -0.05) is 18.2 Å². The second-order valence-electron chi connectivity index (χ2n) is 6.28. The molecule has 11 heteroatoms. The predicted octanol–water partition coefficient (Wildman–Crippen LogP) is 0.404. The van der Waals surface area contributed by atoms with E-state index in [1.807, 2.05) is 6.07 Å². The van der Waals surface area contributed by atoms with Crippen molar-refractivity contribution in [3.63, 3.8) is 0 Å². The van der Waals surface area contributed by atoms with E-state index in [1.54, 1.807) is 24.3 Å². The van der Waals surface area contributed by atoms with E-state index in [2.05, 4.69) is 25.6 Å². The Kier molecular flexibility index (Phi) is 4.77. The molecular formula is C17H18N6O5. The SMILES string of the molecule is O=C(Nc1ccccc1)Nc1ncnc2c1[nH]c(=O)n2[C@H]1CC(O)[C@@H](CO)O1. The second kappa shape index (κ2) is 7.38. The molecule has 0 aliphatic carbocycles. The standard InChI is InChI=1S/C17H18N6O5/c24-7-11-10(25)6-12(28-11)23-15-13(21-17(23)27)14(18-8-19-15)22-16(26)20-9-4-2-1-3-5-9/h1-5,8,10-12,24-25H,6-7H2,(H,21,27)(H2,18,19,20,22,26)/t10?,11-,12-/m1/s1. The molecule has 1 aliphatic rings. The van der Waals surface area contributed by atoms with Gasteiger partial charge in [-0.2, -0.15) is 0 Å². The van der Waals surface area contributed by atoms with E-state index in [-0.39, 0.29) is 30.0 Å². The van der Waals surface area contributed by atoms with Crippen molar-refractivity contribution >= 4 is 28.7 Å². The fourth-order valence-electron chi connectivity index (χ4n) is 3.13. The van der Waals surface area contributed by atoms with Crippen molar-refractivity contribution in [3.05, 3.63) is 47.1 Å². The molecule has 0 radical (unpaired) electrons. The quantitative estimate of drug-likeness (QED) is 0.435. The first-order valence-electron chi connectivity index (χ1n) is 8.59. The van der Waals surface area contributed by atoms with Gasteiger partial charge in [0.1, 0.15) is 24.2 Å². The highest BCUT2D eigenvalue weighted by molar-refractivity contribution is 6.02. The van der Waals surface area contributed by atoms with Crippen LogP contribution in [0.15, 0.2) is 41.5 Å². The second-order valence-corrected chi connectivity index (χ2v) is 6.28. The highest BCUT2D eigenvalue weighted by Gasteiger charge is 2.36. The summed E-state index contributed by atoms with van der Waals surface area (Å²) in [5, 5.41) is 24.4. The van der Waals surface area contributed by atoms with E-state index in [0.29, 0.717) is 5.69 Å². The molecule has 3 aromatic rings. The molecule has 146 valence electrons. The molecule has 0 spiro atoms. The summed E-state index contributed by atoms with van der Waals surface area (Å²) in [4.78, 5) is 35.4. The lowest BCUT2D eigenvalue weighted by Gasteiger charge is -2.13. The number of benzene rings is 1. The number of nitrogens with one attached hydrogen (secondary N) is 3. The maximum Gasteiger partial charge on any atom is 0.329 e.